The highest BCUT2D eigenvalue weighted by Crippen LogP contribution is 2.07. The predicted molar refractivity (Wildman–Crippen MR) is 74.8 cm³/mol. The van der Waals surface area contributed by atoms with E-state index in [9.17, 15) is 0 Å². The highest BCUT2D eigenvalue weighted by Gasteiger charge is 2.03. The first-order chi connectivity index (χ1) is 9.28. The molecule has 2 rings (SSSR count). The van der Waals surface area contributed by atoms with E-state index in [2.05, 4.69) is 44.6 Å². The van der Waals surface area contributed by atoms with Gasteiger partial charge in [0.05, 0.1) is 18.4 Å². The summed E-state index contributed by atoms with van der Waals surface area (Å²) < 4.78 is 0. The molecular formula is C13H18N6. The molecule has 0 radical (unpaired) electrons. The summed E-state index contributed by atoms with van der Waals surface area (Å²) in [7, 11) is 0. The highest BCUT2D eigenvalue weighted by atomic mass is 15.3. The summed E-state index contributed by atoms with van der Waals surface area (Å²) in [6, 6.07) is 6.13. The van der Waals surface area contributed by atoms with E-state index in [1.54, 1.807) is 12.4 Å². The summed E-state index contributed by atoms with van der Waals surface area (Å²) in [5.74, 6) is 1.23. The third-order valence-electron chi connectivity index (χ3n) is 2.72. The lowest BCUT2D eigenvalue weighted by Gasteiger charge is -2.11. The Labute approximate surface area is 112 Å². The second-order valence-electron chi connectivity index (χ2n) is 4.29. The molecule has 1 atom stereocenters. The second kappa shape index (κ2) is 6.63. The molecule has 0 aliphatic heterocycles. The molecule has 0 saturated carbocycles. The molecule has 2 heterocycles. The van der Waals surface area contributed by atoms with Crippen LogP contribution >= 0.6 is 0 Å². The van der Waals surface area contributed by atoms with Gasteiger partial charge in [-0.2, -0.15) is 10.1 Å². The van der Waals surface area contributed by atoms with Crippen LogP contribution in [0.25, 0.3) is 0 Å². The van der Waals surface area contributed by atoms with Crippen molar-refractivity contribution in [1.29, 1.82) is 0 Å². The molecule has 6 heteroatoms. The van der Waals surface area contributed by atoms with Gasteiger partial charge in [-0.3, -0.25) is 4.98 Å². The monoisotopic (exact) mass is 258 g/mol. The van der Waals surface area contributed by atoms with Crippen LogP contribution in [0, 0.1) is 0 Å². The molecule has 2 aromatic heterocycles. The van der Waals surface area contributed by atoms with E-state index < -0.39 is 0 Å². The van der Waals surface area contributed by atoms with E-state index in [1.807, 2.05) is 18.2 Å². The average molecular weight is 258 g/mol. The molecule has 2 N–H and O–H groups in total. The molecular weight excluding hydrogens is 240 g/mol. The number of rotatable bonds is 6. The van der Waals surface area contributed by atoms with Gasteiger partial charge in [-0.15, -0.1) is 5.10 Å². The third kappa shape index (κ3) is 4.17. The first-order valence-electron chi connectivity index (χ1n) is 6.38. The minimum Gasteiger partial charge on any atom is -0.363 e. The van der Waals surface area contributed by atoms with Crippen LogP contribution < -0.4 is 10.6 Å². The zero-order chi connectivity index (χ0) is 13.5. The van der Waals surface area contributed by atoms with Gasteiger partial charge < -0.3 is 10.6 Å². The first-order valence-corrected chi connectivity index (χ1v) is 6.38. The fourth-order valence-electron chi connectivity index (χ4n) is 1.46. The normalized spacial score (nSPS) is 11.9. The number of nitrogens with one attached hydrogen (secondary N) is 2. The highest BCUT2D eigenvalue weighted by molar-refractivity contribution is 5.37. The number of anilines is 2. The molecule has 0 spiro atoms. The molecule has 2 aromatic rings. The Morgan fingerprint density at radius 1 is 1.32 bits per heavy atom. The molecule has 0 fully saturated rings. The number of pyridine rings is 1. The van der Waals surface area contributed by atoms with Crippen LogP contribution in [0.1, 0.15) is 26.0 Å². The van der Waals surface area contributed by atoms with Crippen molar-refractivity contribution >= 4 is 11.8 Å². The molecule has 0 bridgehead atoms. The van der Waals surface area contributed by atoms with Crippen molar-refractivity contribution in [2.24, 2.45) is 0 Å². The van der Waals surface area contributed by atoms with Crippen molar-refractivity contribution < 1.29 is 0 Å². The van der Waals surface area contributed by atoms with E-state index in [4.69, 9.17) is 0 Å². The van der Waals surface area contributed by atoms with Crippen LogP contribution in [0.5, 0.6) is 0 Å². The number of nitrogens with zero attached hydrogens (tertiary/aromatic N) is 4. The zero-order valence-electron chi connectivity index (χ0n) is 11.2. The fourth-order valence-corrected chi connectivity index (χ4v) is 1.46. The van der Waals surface area contributed by atoms with Gasteiger partial charge in [-0.1, -0.05) is 13.0 Å². The maximum atomic E-state index is 4.35. The van der Waals surface area contributed by atoms with Crippen LogP contribution in [0.2, 0.25) is 0 Å². The van der Waals surface area contributed by atoms with Gasteiger partial charge >= 0.3 is 0 Å². The van der Waals surface area contributed by atoms with Crippen LogP contribution in [-0.2, 0) is 6.54 Å². The van der Waals surface area contributed by atoms with Crippen LogP contribution in [0.3, 0.4) is 0 Å². The first kappa shape index (κ1) is 13.2. The topological polar surface area (TPSA) is 75.6 Å². The van der Waals surface area contributed by atoms with Crippen molar-refractivity contribution in [3.63, 3.8) is 0 Å². The van der Waals surface area contributed by atoms with Gasteiger partial charge in [0.25, 0.3) is 0 Å². The molecule has 0 aliphatic carbocycles. The lowest BCUT2D eigenvalue weighted by Crippen LogP contribution is -2.16. The zero-order valence-corrected chi connectivity index (χ0v) is 11.2. The van der Waals surface area contributed by atoms with Gasteiger partial charge in [0.15, 0.2) is 5.82 Å². The summed E-state index contributed by atoms with van der Waals surface area (Å²) in [5.41, 5.74) is 0.956. The number of aromatic nitrogens is 4. The Morgan fingerprint density at radius 3 is 2.95 bits per heavy atom. The maximum Gasteiger partial charge on any atom is 0.244 e. The van der Waals surface area contributed by atoms with Crippen molar-refractivity contribution in [2.75, 3.05) is 10.6 Å². The van der Waals surface area contributed by atoms with Crippen LogP contribution in [0.15, 0.2) is 30.6 Å². The van der Waals surface area contributed by atoms with Gasteiger partial charge in [-0.05, 0) is 25.5 Å². The van der Waals surface area contributed by atoms with E-state index in [0.29, 0.717) is 24.4 Å². The van der Waals surface area contributed by atoms with Crippen molar-refractivity contribution in [3.8, 4) is 0 Å². The lowest BCUT2D eigenvalue weighted by atomic mass is 10.3. The summed E-state index contributed by atoms with van der Waals surface area (Å²) in [5, 5.41) is 14.2. The van der Waals surface area contributed by atoms with E-state index in [1.165, 1.54) is 0 Å². The molecule has 1 unspecified atom stereocenters. The summed E-state index contributed by atoms with van der Waals surface area (Å²) >= 11 is 0. The Morgan fingerprint density at radius 2 is 2.21 bits per heavy atom. The number of hydrogen-bond acceptors (Lipinski definition) is 6. The van der Waals surface area contributed by atoms with Gasteiger partial charge in [0.1, 0.15) is 0 Å². The molecule has 0 saturated heterocycles. The minimum absolute atomic E-state index is 0.327. The van der Waals surface area contributed by atoms with Gasteiger partial charge in [-0.25, -0.2) is 0 Å². The minimum atomic E-state index is 0.327. The van der Waals surface area contributed by atoms with Crippen molar-refractivity contribution in [3.05, 3.63) is 36.3 Å². The van der Waals surface area contributed by atoms with Crippen LogP contribution in [0.4, 0.5) is 11.8 Å². The SMILES string of the molecule is CCC(C)Nc1nncc(NCc2ccccn2)n1. The van der Waals surface area contributed by atoms with Gasteiger partial charge in [0.2, 0.25) is 5.95 Å². The molecule has 6 nitrogen and oxygen atoms in total. The molecule has 19 heavy (non-hydrogen) atoms. The molecule has 100 valence electrons. The lowest BCUT2D eigenvalue weighted by molar-refractivity contribution is 0.746. The van der Waals surface area contributed by atoms with Gasteiger partial charge in [0, 0.05) is 12.2 Å². The smallest absolute Gasteiger partial charge is 0.244 e. The van der Waals surface area contributed by atoms with E-state index >= 15 is 0 Å². The quantitative estimate of drug-likeness (QED) is 0.826. The average Bonchev–Trinajstić information content (AvgIpc) is 2.46. The third-order valence-corrected chi connectivity index (χ3v) is 2.72. The van der Waals surface area contributed by atoms with Crippen LogP contribution in [-0.4, -0.2) is 26.2 Å². The summed E-state index contributed by atoms with van der Waals surface area (Å²) in [4.78, 5) is 8.59. The second-order valence-corrected chi connectivity index (χ2v) is 4.29. The van der Waals surface area contributed by atoms with E-state index in [0.717, 1.165) is 12.1 Å². The Balaban J connectivity index is 1.95. The maximum absolute atomic E-state index is 4.35. The standard InChI is InChI=1S/C13H18N6/c1-3-10(2)17-13-18-12(9-16-19-13)15-8-11-6-4-5-7-14-11/h4-7,9-10H,3,8H2,1-2H3,(H2,15,17,18,19). The Kier molecular flexibility index (Phi) is 4.60. The van der Waals surface area contributed by atoms with E-state index in [-0.39, 0.29) is 0 Å². The molecule has 0 aliphatic rings. The summed E-state index contributed by atoms with van der Waals surface area (Å²) in [6.45, 7) is 4.80. The van der Waals surface area contributed by atoms with Crippen molar-refractivity contribution in [2.45, 2.75) is 32.9 Å². The summed E-state index contributed by atoms with van der Waals surface area (Å²) in [6.07, 6.45) is 4.38. The fraction of sp³-hybridized carbons (Fsp3) is 0.385. The van der Waals surface area contributed by atoms with Crippen molar-refractivity contribution in [1.82, 2.24) is 20.2 Å². The molecule has 0 amide bonds. The Hall–Kier alpha value is -2.24. The largest absolute Gasteiger partial charge is 0.363 e. The Bertz CT molecular complexity index is 501. The molecule has 0 aromatic carbocycles. The number of hydrogen-bond donors (Lipinski definition) is 2. The predicted octanol–water partition coefficient (Wildman–Crippen LogP) is 2.09.